The second-order valence-corrected chi connectivity index (χ2v) is 11.2. The zero-order valence-corrected chi connectivity index (χ0v) is 21.8. The van der Waals surface area contributed by atoms with Gasteiger partial charge >= 0.3 is 13.7 Å². The molecule has 1 saturated heterocycles. The first-order valence-corrected chi connectivity index (χ1v) is 13.7. The quantitative estimate of drug-likeness (QED) is 0.271. The normalized spacial score (nSPS) is 20.2. The van der Waals surface area contributed by atoms with E-state index in [0.29, 0.717) is 35.6 Å². The Labute approximate surface area is 218 Å². The minimum absolute atomic E-state index is 0.0314. The number of nitrogens with zero attached hydrogens (tertiary/aromatic N) is 4. The van der Waals surface area contributed by atoms with E-state index in [1.165, 1.54) is 6.33 Å². The molecule has 4 rings (SSSR count). The van der Waals surface area contributed by atoms with Crippen molar-refractivity contribution in [1.29, 1.82) is 0 Å². The number of nitrogens with one attached hydrogen (secondary N) is 2. The first kappa shape index (κ1) is 27.3. The minimum atomic E-state index is -3.56. The Kier molecular flexibility index (Phi) is 8.45. The van der Waals surface area contributed by atoms with Crippen LogP contribution in [0.2, 0.25) is 0 Å². The van der Waals surface area contributed by atoms with Gasteiger partial charge in [-0.25, -0.2) is 24.3 Å². The van der Waals surface area contributed by atoms with Crippen molar-refractivity contribution in [2.75, 3.05) is 25.2 Å². The number of hydrogen-bond acceptors (Lipinski definition) is 10. The van der Waals surface area contributed by atoms with Crippen LogP contribution in [0.4, 0.5) is 10.6 Å². The van der Waals surface area contributed by atoms with Crippen molar-refractivity contribution in [3.05, 3.63) is 42.5 Å². The summed E-state index contributed by atoms with van der Waals surface area (Å²) in [4.78, 5) is 35.9. The van der Waals surface area contributed by atoms with Gasteiger partial charge in [0.2, 0.25) is 5.91 Å². The predicted octanol–water partition coefficient (Wildman–Crippen LogP) is 2.00. The lowest BCUT2D eigenvalue weighted by Crippen LogP contribution is -2.48. The SMILES string of the molecule is CC(C)CNC(=O)C(Cc1ccc(OP2(=O)CO[C@@H](Cn3cnc4c(N)ncnc43)CO2)cc1)NC(=O)O. The van der Waals surface area contributed by atoms with E-state index in [4.69, 9.17) is 24.6 Å². The van der Waals surface area contributed by atoms with E-state index in [-0.39, 0.29) is 31.1 Å². The zero-order valence-electron chi connectivity index (χ0n) is 20.9. The maximum absolute atomic E-state index is 13.1. The molecule has 0 spiro atoms. The van der Waals surface area contributed by atoms with E-state index >= 15 is 0 Å². The van der Waals surface area contributed by atoms with Crippen molar-refractivity contribution in [3.63, 3.8) is 0 Å². The Bertz CT molecular complexity index is 1320. The van der Waals surface area contributed by atoms with Crippen molar-refractivity contribution in [2.45, 2.75) is 39.0 Å². The van der Waals surface area contributed by atoms with Crippen LogP contribution in [-0.4, -0.2) is 68.3 Å². The Morgan fingerprint density at radius 1 is 1.26 bits per heavy atom. The molecule has 0 aliphatic carbocycles. The summed E-state index contributed by atoms with van der Waals surface area (Å²) < 4.78 is 31.7. The standard InChI is InChI=1S/C23H30N7O7P/c1-14(2)8-25-22(31)18(29-23(32)33)7-15-3-5-16(6-4-15)37-38(34)13-35-17(10-36-38)9-30-12-28-19-20(24)26-11-27-21(19)30/h3-6,11-12,14,17-18,29H,7-10,13H2,1-2H3,(H,25,31)(H,32,33)(H2,24,26,27)/t17-,18?,38?/m0/s1. The maximum atomic E-state index is 13.1. The second kappa shape index (κ2) is 11.8. The number of nitrogens with two attached hydrogens (primary N) is 1. The van der Waals surface area contributed by atoms with E-state index in [0.717, 1.165) is 0 Å². The van der Waals surface area contributed by atoms with Gasteiger partial charge in [-0.2, -0.15) is 0 Å². The highest BCUT2D eigenvalue weighted by atomic mass is 31.2. The minimum Gasteiger partial charge on any atom is -0.465 e. The van der Waals surface area contributed by atoms with Crippen LogP contribution in [-0.2, 0) is 31.6 Å². The highest BCUT2D eigenvalue weighted by molar-refractivity contribution is 7.54. The summed E-state index contributed by atoms with van der Waals surface area (Å²) >= 11 is 0. The van der Waals surface area contributed by atoms with E-state index < -0.39 is 31.7 Å². The molecule has 1 fully saturated rings. The maximum Gasteiger partial charge on any atom is 0.405 e. The lowest BCUT2D eigenvalue weighted by atomic mass is 10.0. The number of ether oxygens (including phenoxy) is 1. The third-order valence-corrected chi connectivity index (χ3v) is 7.16. The topological polar surface area (TPSA) is 193 Å². The van der Waals surface area contributed by atoms with Crippen LogP contribution < -0.4 is 20.9 Å². The van der Waals surface area contributed by atoms with Crippen molar-refractivity contribution in [2.24, 2.45) is 5.92 Å². The molecule has 2 unspecified atom stereocenters. The lowest BCUT2D eigenvalue weighted by Gasteiger charge is -2.29. The van der Waals surface area contributed by atoms with E-state index in [9.17, 15) is 14.2 Å². The summed E-state index contributed by atoms with van der Waals surface area (Å²) in [5.41, 5.74) is 7.55. The van der Waals surface area contributed by atoms with Gasteiger partial charge in [-0.05, 0) is 23.6 Å². The van der Waals surface area contributed by atoms with Crippen LogP contribution in [0.1, 0.15) is 19.4 Å². The number of anilines is 1. The molecule has 0 saturated carbocycles. The van der Waals surface area contributed by atoms with E-state index in [1.54, 1.807) is 35.2 Å². The van der Waals surface area contributed by atoms with Gasteiger partial charge in [-0.1, -0.05) is 26.0 Å². The number of nitrogen functional groups attached to an aromatic ring is 1. The van der Waals surface area contributed by atoms with Crippen LogP contribution >= 0.6 is 7.60 Å². The van der Waals surface area contributed by atoms with Crippen molar-refractivity contribution >= 4 is 36.6 Å². The average molecular weight is 548 g/mol. The van der Waals surface area contributed by atoms with E-state index in [2.05, 4.69) is 25.6 Å². The fraction of sp³-hybridized carbons (Fsp3) is 0.435. The molecule has 5 N–H and O–H groups in total. The second-order valence-electron chi connectivity index (χ2n) is 9.23. The van der Waals surface area contributed by atoms with Gasteiger partial charge in [0, 0.05) is 13.0 Å². The van der Waals surface area contributed by atoms with Gasteiger partial charge in [0.15, 0.2) is 17.8 Å². The van der Waals surface area contributed by atoms with Gasteiger partial charge in [0.25, 0.3) is 0 Å². The molecule has 38 heavy (non-hydrogen) atoms. The third kappa shape index (κ3) is 6.97. The molecule has 0 radical (unpaired) electrons. The number of carboxylic acid groups (broad SMARTS) is 1. The molecule has 3 atom stereocenters. The number of benzene rings is 1. The molecule has 204 valence electrons. The highest BCUT2D eigenvalue weighted by Gasteiger charge is 2.35. The number of fused-ring (bicyclic) bond motifs is 1. The fourth-order valence-corrected chi connectivity index (χ4v) is 5.17. The van der Waals surface area contributed by atoms with Gasteiger partial charge < -0.3 is 35.3 Å². The van der Waals surface area contributed by atoms with Crippen LogP contribution in [0.5, 0.6) is 5.75 Å². The number of carbonyl (C=O) groups is 2. The van der Waals surface area contributed by atoms with Crippen LogP contribution in [0.3, 0.4) is 0 Å². The fourth-order valence-electron chi connectivity index (χ4n) is 3.76. The summed E-state index contributed by atoms with van der Waals surface area (Å²) in [6, 6.07) is 5.53. The largest absolute Gasteiger partial charge is 0.465 e. The Morgan fingerprint density at radius 2 is 2.03 bits per heavy atom. The van der Waals surface area contributed by atoms with E-state index in [1.807, 2.05) is 13.8 Å². The van der Waals surface area contributed by atoms with Crippen LogP contribution in [0.15, 0.2) is 36.9 Å². The molecule has 3 heterocycles. The molecule has 1 aliphatic rings. The zero-order chi connectivity index (χ0) is 27.3. The van der Waals surface area contributed by atoms with Crippen molar-refractivity contribution in [1.82, 2.24) is 30.2 Å². The lowest BCUT2D eigenvalue weighted by molar-refractivity contribution is -0.123. The molecule has 1 aromatic carbocycles. The van der Waals surface area contributed by atoms with Crippen molar-refractivity contribution < 1.29 is 33.0 Å². The molecule has 14 nitrogen and oxygen atoms in total. The summed E-state index contributed by atoms with van der Waals surface area (Å²) in [5, 5.41) is 14.1. The Hall–Kier alpha value is -3.74. The molecule has 15 heteroatoms. The monoisotopic (exact) mass is 547 g/mol. The number of aromatic nitrogens is 4. The highest BCUT2D eigenvalue weighted by Crippen LogP contribution is 2.51. The van der Waals surface area contributed by atoms with Gasteiger partial charge in [-0.15, -0.1) is 0 Å². The number of carbonyl (C=O) groups excluding carboxylic acids is 1. The average Bonchev–Trinajstić information content (AvgIpc) is 3.28. The molecular weight excluding hydrogens is 517 g/mol. The summed E-state index contributed by atoms with van der Waals surface area (Å²) in [5.74, 6) is 0.387. The molecule has 2 aromatic heterocycles. The first-order valence-electron chi connectivity index (χ1n) is 11.9. The number of rotatable bonds is 10. The summed E-state index contributed by atoms with van der Waals surface area (Å²) in [6.45, 7) is 4.71. The molecule has 1 aliphatic heterocycles. The number of amides is 2. The molecule has 3 aromatic rings. The van der Waals surface area contributed by atoms with Crippen molar-refractivity contribution in [3.8, 4) is 5.75 Å². The predicted molar refractivity (Wildman–Crippen MR) is 137 cm³/mol. The summed E-state index contributed by atoms with van der Waals surface area (Å²) in [7, 11) is -3.56. The first-order chi connectivity index (χ1) is 18.1. The van der Waals surface area contributed by atoms with Crippen LogP contribution in [0, 0.1) is 5.92 Å². The number of imidazole rings is 1. The molecular formula is C23H30N7O7P. The molecule has 0 bridgehead atoms. The summed E-state index contributed by atoms with van der Waals surface area (Å²) in [6.07, 6.45) is 1.12. The smallest absolute Gasteiger partial charge is 0.405 e. The third-order valence-electron chi connectivity index (χ3n) is 5.66. The molecule has 2 amide bonds. The van der Waals surface area contributed by atoms with Crippen LogP contribution in [0.25, 0.3) is 11.2 Å². The van der Waals surface area contributed by atoms with Gasteiger partial charge in [0.05, 0.1) is 19.5 Å². The number of hydrogen-bond donors (Lipinski definition) is 4. The van der Waals surface area contributed by atoms with Gasteiger partial charge in [-0.3, -0.25) is 9.32 Å². The Balaban J connectivity index is 1.31. The van der Waals surface area contributed by atoms with Gasteiger partial charge in [0.1, 0.15) is 29.7 Å². The Morgan fingerprint density at radius 3 is 2.68 bits per heavy atom.